The number of nitrogens with one attached hydrogen (secondary N) is 1. The van der Waals surface area contributed by atoms with E-state index in [0.29, 0.717) is 12.3 Å². The van der Waals surface area contributed by atoms with E-state index in [4.69, 9.17) is 10.5 Å². The lowest BCUT2D eigenvalue weighted by Crippen LogP contribution is -2.51. The first-order valence-corrected chi connectivity index (χ1v) is 6.51. The van der Waals surface area contributed by atoms with Crippen molar-refractivity contribution in [2.75, 3.05) is 18.9 Å². The molecule has 1 aliphatic heterocycles. The predicted molar refractivity (Wildman–Crippen MR) is 76.5 cm³/mol. The van der Waals surface area contributed by atoms with E-state index in [-0.39, 0.29) is 11.4 Å². The molecule has 3 N–H and O–H groups in total. The van der Waals surface area contributed by atoms with Gasteiger partial charge in [0.25, 0.3) is 0 Å². The minimum Gasteiger partial charge on any atom is -0.399 e. The summed E-state index contributed by atoms with van der Waals surface area (Å²) < 4.78 is 5.41. The van der Waals surface area contributed by atoms with Gasteiger partial charge in [-0.25, -0.2) is 0 Å². The van der Waals surface area contributed by atoms with E-state index in [1.165, 1.54) is 6.08 Å². The summed E-state index contributed by atoms with van der Waals surface area (Å²) in [5, 5.41) is 3.00. The standard InChI is InChI=1S/C15H20N2O2/c1-15(8-3-9-19-11-15)17-14(18)7-6-12-4-2-5-13(16)10-12/h2,4-7,10H,3,8-9,11,16H2,1H3,(H,17,18)/b7-6+. The molecule has 0 radical (unpaired) electrons. The van der Waals surface area contributed by atoms with Crippen molar-refractivity contribution in [3.05, 3.63) is 35.9 Å². The zero-order valence-corrected chi connectivity index (χ0v) is 11.2. The Hall–Kier alpha value is -1.81. The molecule has 1 saturated heterocycles. The number of benzene rings is 1. The van der Waals surface area contributed by atoms with Crippen LogP contribution >= 0.6 is 0 Å². The molecule has 1 aromatic carbocycles. The summed E-state index contributed by atoms with van der Waals surface area (Å²) in [5.74, 6) is -0.101. The van der Waals surface area contributed by atoms with Crippen LogP contribution in [0.4, 0.5) is 5.69 Å². The molecule has 0 aromatic heterocycles. The van der Waals surface area contributed by atoms with Crippen LogP contribution in [0.15, 0.2) is 30.3 Å². The fourth-order valence-electron chi connectivity index (χ4n) is 2.21. The second-order valence-electron chi connectivity index (χ2n) is 5.21. The summed E-state index contributed by atoms with van der Waals surface area (Å²) in [7, 11) is 0. The van der Waals surface area contributed by atoms with Crippen molar-refractivity contribution < 1.29 is 9.53 Å². The zero-order chi connectivity index (χ0) is 13.7. The number of amides is 1. The van der Waals surface area contributed by atoms with E-state index < -0.39 is 0 Å². The molecular weight excluding hydrogens is 240 g/mol. The summed E-state index contributed by atoms with van der Waals surface area (Å²) in [6.45, 7) is 3.37. The molecule has 0 aliphatic carbocycles. The number of carbonyl (C=O) groups excluding carboxylic acids is 1. The van der Waals surface area contributed by atoms with Crippen molar-refractivity contribution in [3.8, 4) is 0 Å². The van der Waals surface area contributed by atoms with Crippen molar-refractivity contribution in [3.63, 3.8) is 0 Å². The summed E-state index contributed by atoms with van der Waals surface area (Å²) in [6.07, 6.45) is 5.23. The van der Waals surface area contributed by atoms with Gasteiger partial charge in [-0.1, -0.05) is 12.1 Å². The maximum atomic E-state index is 11.9. The molecule has 0 saturated carbocycles. The van der Waals surface area contributed by atoms with Gasteiger partial charge in [0.2, 0.25) is 5.91 Å². The third-order valence-electron chi connectivity index (χ3n) is 3.20. The number of anilines is 1. The second-order valence-corrected chi connectivity index (χ2v) is 5.21. The Bertz CT molecular complexity index is 477. The minimum atomic E-state index is -0.255. The molecule has 0 bridgehead atoms. The van der Waals surface area contributed by atoms with Crippen LogP contribution in [-0.4, -0.2) is 24.7 Å². The first-order valence-electron chi connectivity index (χ1n) is 6.51. The topological polar surface area (TPSA) is 64.4 Å². The normalized spacial score (nSPS) is 23.4. The summed E-state index contributed by atoms with van der Waals surface area (Å²) in [6, 6.07) is 7.42. The molecule has 1 atom stereocenters. The number of rotatable bonds is 3. The first-order chi connectivity index (χ1) is 9.07. The van der Waals surface area contributed by atoms with Gasteiger partial charge in [-0.05, 0) is 43.5 Å². The summed E-state index contributed by atoms with van der Waals surface area (Å²) >= 11 is 0. The van der Waals surface area contributed by atoms with Gasteiger partial charge < -0.3 is 15.8 Å². The van der Waals surface area contributed by atoms with E-state index in [1.54, 1.807) is 6.08 Å². The van der Waals surface area contributed by atoms with Crippen LogP contribution in [0.5, 0.6) is 0 Å². The highest BCUT2D eigenvalue weighted by Crippen LogP contribution is 2.18. The average molecular weight is 260 g/mol. The first kappa shape index (κ1) is 13.6. The quantitative estimate of drug-likeness (QED) is 0.645. The Labute approximate surface area is 113 Å². The smallest absolute Gasteiger partial charge is 0.244 e. The molecule has 4 nitrogen and oxygen atoms in total. The third kappa shape index (κ3) is 4.10. The van der Waals surface area contributed by atoms with E-state index >= 15 is 0 Å². The largest absolute Gasteiger partial charge is 0.399 e. The highest BCUT2D eigenvalue weighted by molar-refractivity contribution is 5.92. The maximum Gasteiger partial charge on any atom is 0.244 e. The van der Waals surface area contributed by atoms with Gasteiger partial charge >= 0.3 is 0 Å². The molecule has 102 valence electrons. The highest BCUT2D eigenvalue weighted by atomic mass is 16.5. The highest BCUT2D eigenvalue weighted by Gasteiger charge is 2.28. The number of ether oxygens (including phenoxy) is 1. The van der Waals surface area contributed by atoms with Crippen LogP contribution in [0.1, 0.15) is 25.3 Å². The number of hydrogen-bond donors (Lipinski definition) is 2. The Kier molecular flexibility index (Phi) is 4.22. The molecular formula is C15H20N2O2. The molecule has 1 aliphatic rings. The fourth-order valence-corrected chi connectivity index (χ4v) is 2.21. The average Bonchev–Trinajstić information content (AvgIpc) is 2.37. The number of hydrogen-bond acceptors (Lipinski definition) is 3. The number of nitrogen functional groups attached to an aromatic ring is 1. The van der Waals surface area contributed by atoms with Gasteiger partial charge in [0.15, 0.2) is 0 Å². The molecule has 0 spiro atoms. The van der Waals surface area contributed by atoms with Crippen molar-refractivity contribution in [1.82, 2.24) is 5.32 Å². The van der Waals surface area contributed by atoms with Crippen LogP contribution in [0.3, 0.4) is 0 Å². The monoisotopic (exact) mass is 260 g/mol. The predicted octanol–water partition coefficient (Wildman–Crippen LogP) is 1.97. The molecule has 4 heteroatoms. The van der Waals surface area contributed by atoms with Gasteiger partial charge in [-0.3, -0.25) is 4.79 Å². The Morgan fingerprint density at radius 1 is 1.53 bits per heavy atom. The van der Waals surface area contributed by atoms with Crippen molar-refractivity contribution in [2.45, 2.75) is 25.3 Å². The zero-order valence-electron chi connectivity index (χ0n) is 11.2. The van der Waals surface area contributed by atoms with Crippen LogP contribution < -0.4 is 11.1 Å². The molecule has 19 heavy (non-hydrogen) atoms. The molecule has 1 unspecified atom stereocenters. The van der Waals surface area contributed by atoms with Crippen molar-refractivity contribution in [1.29, 1.82) is 0 Å². The van der Waals surface area contributed by atoms with E-state index in [2.05, 4.69) is 5.32 Å². The maximum absolute atomic E-state index is 11.9. The Morgan fingerprint density at radius 3 is 3.05 bits per heavy atom. The molecule has 1 amide bonds. The number of nitrogens with two attached hydrogens (primary N) is 1. The van der Waals surface area contributed by atoms with Gasteiger partial charge in [-0.2, -0.15) is 0 Å². The summed E-state index contributed by atoms with van der Waals surface area (Å²) in [4.78, 5) is 11.9. The van der Waals surface area contributed by atoms with Crippen LogP contribution in [0, 0.1) is 0 Å². The Morgan fingerprint density at radius 2 is 2.37 bits per heavy atom. The van der Waals surface area contributed by atoms with Gasteiger partial charge in [0.05, 0.1) is 12.1 Å². The van der Waals surface area contributed by atoms with E-state index in [0.717, 1.165) is 25.0 Å². The van der Waals surface area contributed by atoms with Crippen molar-refractivity contribution >= 4 is 17.7 Å². The van der Waals surface area contributed by atoms with Gasteiger partial charge in [0.1, 0.15) is 0 Å². The van der Waals surface area contributed by atoms with Crippen LogP contribution in [0.2, 0.25) is 0 Å². The van der Waals surface area contributed by atoms with Crippen LogP contribution in [-0.2, 0) is 9.53 Å². The SMILES string of the molecule is CC1(NC(=O)/C=C/c2cccc(N)c2)CCCOC1. The molecule has 1 fully saturated rings. The minimum absolute atomic E-state index is 0.101. The molecule has 1 heterocycles. The second kappa shape index (κ2) is 5.89. The Balaban J connectivity index is 1.93. The number of carbonyl (C=O) groups is 1. The van der Waals surface area contributed by atoms with E-state index in [1.807, 2.05) is 31.2 Å². The van der Waals surface area contributed by atoms with Crippen LogP contribution in [0.25, 0.3) is 6.08 Å². The summed E-state index contributed by atoms with van der Waals surface area (Å²) in [5.41, 5.74) is 7.04. The lowest BCUT2D eigenvalue weighted by Gasteiger charge is -2.33. The fraction of sp³-hybridized carbons (Fsp3) is 0.400. The van der Waals surface area contributed by atoms with E-state index in [9.17, 15) is 4.79 Å². The van der Waals surface area contributed by atoms with Gasteiger partial charge in [-0.15, -0.1) is 0 Å². The lowest BCUT2D eigenvalue weighted by molar-refractivity contribution is -0.119. The lowest BCUT2D eigenvalue weighted by atomic mass is 9.95. The third-order valence-corrected chi connectivity index (χ3v) is 3.20. The van der Waals surface area contributed by atoms with Crippen molar-refractivity contribution in [2.24, 2.45) is 0 Å². The molecule has 2 rings (SSSR count). The molecule has 1 aromatic rings. The van der Waals surface area contributed by atoms with Gasteiger partial charge in [0, 0.05) is 18.4 Å².